The summed E-state index contributed by atoms with van der Waals surface area (Å²) >= 11 is 0. The Morgan fingerprint density at radius 2 is 1.37 bits per heavy atom. The molecule has 12 heteroatoms. The van der Waals surface area contributed by atoms with Gasteiger partial charge in [0.1, 0.15) is 5.75 Å². The van der Waals surface area contributed by atoms with Crippen molar-refractivity contribution in [2.24, 2.45) is 9.98 Å². The zero-order valence-electron chi connectivity index (χ0n) is 34.9. The molecule has 1 amide bonds. The van der Waals surface area contributed by atoms with Crippen LogP contribution < -0.4 is 29.4 Å². The number of amides is 1. The number of fused-ring (bicyclic) bond motifs is 4. The Hall–Kier alpha value is -6.27. The molecule has 60 heavy (non-hydrogen) atoms. The average molecular weight is 811 g/mol. The molecule has 312 valence electrons. The van der Waals surface area contributed by atoms with E-state index in [2.05, 4.69) is 48.3 Å². The highest BCUT2D eigenvalue weighted by molar-refractivity contribution is 6.05. The Morgan fingerprint density at radius 3 is 2.10 bits per heavy atom. The van der Waals surface area contributed by atoms with Crippen LogP contribution in [-0.2, 0) is 6.54 Å². The molecule has 8 rings (SSSR count). The van der Waals surface area contributed by atoms with Crippen molar-refractivity contribution in [1.29, 1.82) is 0 Å². The first-order chi connectivity index (χ1) is 29.3. The summed E-state index contributed by atoms with van der Waals surface area (Å²) in [5.74, 6) is 3.17. The topological polar surface area (TPSA) is 124 Å². The van der Waals surface area contributed by atoms with Crippen molar-refractivity contribution in [3.63, 3.8) is 0 Å². The molecular formula is C48H54N6O6. The van der Waals surface area contributed by atoms with E-state index in [9.17, 15) is 4.79 Å². The third kappa shape index (κ3) is 9.13. The molecule has 0 aromatic heterocycles. The lowest BCUT2D eigenvalue weighted by atomic mass is 10.0. The van der Waals surface area contributed by atoms with Gasteiger partial charge < -0.3 is 44.1 Å². The second-order valence-corrected chi connectivity index (χ2v) is 15.9. The number of aliphatic imine (C=N–C) groups is 2. The lowest BCUT2D eigenvalue weighted by molar-refractivity contribution is 0.0817. The molecule has 4 heterocycles. The summed E-state index contributed by atoms with van der Waals surface area (Å²) < 4.78 is 29.8. The maximum Gasteiger partial charge on any atom is 0.260 e. The molecule has 12 nitrogen and oxygen atoms in total. The number of ether oxygens (including phenoxy) is 5. The van der Waals surface area contributed by atoms with Gasteiger partial charge in [0.25, 0.3) is 5.91 Å². The van der Waals surface area contributed by atoms with Crippen LogP contribution in [-0.4, -0.2) is 99.8 Å². The van der Waals surface area contributed by atoms with Gasteiger partial charge in [-0.1, -0.05) is 24.3 Å². The van der Waals surface area contributed by atoms with E-state index in [-0.39, 0.29) is 18.0 Å². The molecule has 4 aliphatic rings. The van der Waals surface area contributed by atoms with E-state index in [0.717, 1.165) is 84.6 Å². The number of methoxy groups -OCH3 is 2. The number of rotatable bonds is 17. The Bertz CT molecular complexity index is 2320. The molecule has 4 aliphatic heterocycles. The van der Waals surface area contributed by atoms with Crippen molar-refractivity contribution in [2.45, 2.75) is 57.2 Å². The molecule has 0 spiro atoms. The lowest BCUT2D eigenvalue weighted by Crippen LogP contribution is -2.32. The summed E-state index contributed by atoms with van der Waals surface area (Å²) in [5.41, 5.74) is 14.4. The van der Waals surface area contributed by atoms with Crippen LogP contribution in [0.5, 0.6) is 28.7 Å². The van der Waals surface area contributed by atoms with Gasteiger partial charge in [0.15, 0.2) is 23.0 Å². The molecule has 0 fully saturated rings. The van der Waals surface area contributed by atoms with Gasteiger partial charge in [-0.2, -0.15) is 0 Å². The quantitative estimate of drug-likeness (QED) is 0.0826. The van der Waals surface area contributed by atoms with Crippen LogP contribution in [0.3, 0.4) is 0 Å². The first kappa shape index (κ1) is 40.5. The van der Waals surface area contributed by atoms with Crippen LogP contribution in [0.2, 0.25) is 0 Å². The van der Waals surface area contributed by atoms with Gasteiger partial charge in [-0.25, -0.2) is 0 Å². The van der Waals surface area contributed by atoms with Crippen molar-refractivity contribution in [2.75, 3.05) is 60.4 Å². The first-order valence-corrected chi connectivity index (χ1v) is 20.8. The standard InChI is InChI=1S/C48H54N6O6/c1-52(2)16-9-19-58-40-14-12-32(13-15-40)35-22-39-28-51-43-26-47(45(57-4)24-41(43)48(55)54(39)31-35)60-18-7-5-6-17-59-46-25-42-36(23-44(46)56-3)30-53-29-34(21-38(53)27-50-42)33-10-8-11-37(49)20-33/h8,10-15,20,23-29,31,38-39H,5-7,9,16-19,21-22,30,49H2,1-4H3. The smallest absolute Gasteiger partial charge is 0.260 e. The van der Waals surface area contributed by atoms with Gasteiger partial charge in [0.2, 0.25) is 0 Å². The summed E-state index contributed by atoms with van der Waals surface area (Å²) in [6.07, 6.45) is 13.1. The van der Waals surface area contributed by atoms with E-state index in [0.29, 0.717) is 60.5 Å². The number of hydrogen-bond acceptors (Lipinski definition) is 11. The second kappa shape index (κ2) is 18.3. The van der Waals surface area contributed by atoms with Gasteiger partial charge >= 0.3 is 0 Å². The lowest BCUT2D eigenvalue weighted by Gasteiger charge is -2.21. The average Bonchev–Trinajstić information content (AvgIpc) is 3.80. The summed E-state index contributed by atoms with van der Waals surface area (Å²) in [4.78, 5) is 29.8. The van der Waals surface area contributed by atoms with Crippen LogP contribution in [0.1, 0.15) is 65.6 Å². The van der Waals surface area contributed by atoms with E-state index in [1.807, 2.05) is 67.2 Å². The molecule has 0 radical (unpaired) electrons. The fraction of sp³-hybridized carbons (Fsp3) is 0.354. The normalized spacial score (nSPS) is 17.6. The monoisotopic (exact) mass is 810 g/mol. The van der Waals surface area contributed by atoms with Crippen LogP contribution >= 0.6 is 0 Å². The molecule has 4 aromatic rings. The van der Waals surface area contributed by atoms with E-state index in [4.69, 9.17) is 39.4 Å². The maximum atomic E-state index is 13.9. The highest BCUT2D eigenvalue weighted by Gasteiger charge is 2.34. The van der Waals surface area contributed by atoms with Crippen molar-refractivity contribution in [3.05, 3.63) is 107 Å². The largest absolute Gasteiger partial charge is 0.494 e. The minimum Gasteiger partial charge on any atom is -0.494 e. The fourth-order valence-electron chi connectivity index (χ4n) is 8.05. The summed E-state index contributed by atoms with van der Waals surface area (Å²) in [5, 5.41) is 0. The number of nitrogen functional groups attached to an aromatic ring is 1. The van der Waals surface area contributed by atoms with Gasteiger partial charge in [0.05, 0.1) is 63.1 Å². The molecule has 0 aliphatic carbocycles. The number of anilines is 1. The summed E-state index contributed by atoms with van der Waals surface area (Å²) in [6, 6.07) is 23.7. The maximum absolute atomic E-state index is 13.9. The third-order valence-electron chi connectivity index (χ3n) is 11.3. The first-order valence-electron chi connectivity index (χ1n) is 20.8. The van der Waals surface area contributed by atoms with Crippen LogP contribution in [0, 0.1) is 0 Å². The number of carbonyl (C=O) groups is 1. The molecule has 0 saturated carbocycles. The van der Waals surface area contributed by atoms with E-state index < -0.39 is 0 Å². The van der Waals surface area contributed by atoms with Gasteiger partial charge in [-0.15, -0.1) is 0 Å². The zero-order valence-corrected chi connectivity index (χ0v) is 34.9. The Morgan fingerprint density at radius 1 is 0.700 bits per heavy atom. The van der Waals surface area contributed by atoms with Crippen molar-refractivity contribution >= 4 is 46.5 Å². The number of benzene rings is 4. The Kier molecular flexibility index (Phi) is 12.4. The van der Waals surface area contributed by atoms with E-state index >= 15 is 0 Å². The Balaban J connectivity index is 0.818. The SMILES string of the molecule is COc1cc2c(cc1OCCCCCOc1cc3c(cc1OC)C(=O)N1C=C(c4ccc(OCCCN(C)C)cc4)CC1C=N3)N=CC1CC(c3cccc(N)c3)=CN1C2. The summed E-state index contributed by atoms with van der Waals surface area (Å²) in [7, 11) is 7.38. The molecular weight excluding hydrogens is 757 g/mol. The number of carbonyl (C=O) groups excluding carboxylic acids is 1. The molecule has 2 atom stereocenters. The number of unbranched alkanes of at least 4 members (excludes halogenated alkanes) is 2. The van der Waals surface area contributed by atoms with Crippen molar-refractivity contribution < 1.29 is 28.5 Å². The van der Waals surface area contributed by atoms with Crippen molar-refractivity contribution in [1.82, 2.24) is 14.7 Å². The second-order valence-electron chi connectivity index (χ2n) is 15.9. The highest BCUT2D eigenvalue weighted by atomic mass is 16.5. The molecule has 4 aromatic carbocycles. The third-order valence-corrected chi connectivity index (χ3v) is 11.3. The molecule has 0 bridgehead atoms. The number of nitrogens with zero attached hydrogens (tertiary/aromatic N) is 5. The van der Waals surface area contributed by atoms with Gasteiger partial charge in [-0.3, -0.25) is 14.8 Å². The predicted octanol–water partition coefficient (Wildman–Crippen LogP) is 8.55. The van der Waals surface area contributed by atoms with Gasteiger partial charge in [-0.05, 0) is 105 Å². The summed E-state index contributed by atoms with van der Waals surface area (Å²) in [6.45, 7) is 3.39. The van der Waals surface area contributed by atoms with Crippen LogP contribution in [0.25, 0.3) is 11.1 Å². The minimum atomic E-state index is -0.178. The molecule has 0 saturated heterocycles. The number of nitrogens with two attached hydrogens (primary N) is 1. The highest BCUT2D eigenvalue weighted by Crippen LogP contribution is 2.42. The zero-order chi connectivity index (χ0) is 41.6. The van der Waals surface area contributed by atoms with Gasteiger partial charge in [0, 0.05) is 67.7 Å². The van der Waals surface area contributed by atoms with Crippen LogP contribution in [0.15, 0.2) is 95.2 Å². The Labute approximate surface area is 352 Å². The fourth-order valence-corrected chi connectivity index (χ4v) is 8.05. The molecule has 2 N–H and O–H groups in total. The van der Waals surface area contributed by atoms with E-state index in [1.165, 1.54) is 5.57 Å². The van der Waals surface area contributed by atoms with Crippen molar-refractivity contribution in [3.8, 4) is 28.7 Å². The van der Waals surface area contributed by atoms with Crippen LogP contribution in [0.4, 0.5) is 17.1 Å². The minimum absolute atomic E-state index is 0.118. The molecule has 2 unspecified atom stereocenters. The van der Waals surface area contributed by atoms with E-state index in [1.54, 1.807) is 25.2 Å². The number of hydrogen-bond donors (Lipinski definition) is 1. The predicted molar refractivity (Wildman–Crippen MR) is 238 cm³/mol.